The molecule has 0 saturated heterocycles. The van der Waals surface area contributed by atoms with Crippen LogP contribution in [-0.4, -0.2) is 10.1 Å². The summed E-state index contributed by atoms with van der Waals surface area (Å²) in [4.78, 5) is 4.08. The normalized spacial score (nSPS) is 11.6. The van der Waals surface area contributed by atoms with Crippen LogP contribution in [0.1, 0.15) is 24.3 Å². The number of hydrogen-bond donors (Lipinski definition) is 1. The van der Waals surface area contributed by atoms with Gasteiger partial charge in [0, 0.05) is 0 Å². The molecule has 1 N–H and O–H groups in total. The van der Waals surface area contributed by atoms with Crippen LogP contribution in [0.4, 0.5) is 0 Å². The van der Waals surface area contributed by atoms with Crippen LogP contribution >= 0.6 is 0 Å². The Morgan fingerprint density at radius 1 is 1.28 bits per heavy atom. The van der Waals surface area contributed by atoms with Gasteiger partial charge in [-0.15, -0.1) is 0 Å². The number of benzene rings is 1. The van der Waals surface area contributed by atoms with E-state index in [4.69, 9.17) is 10.00 Å². The molecule has 4 heteroatoms. The van der Waals surface area contributed by atoms with Gasteiger partial charge in [0.25, 0.3) is 0 Å². The van der Waals surface area contributed by atoms with Crippen LogP contribution in [0.15, 0.2) is 42.6 Å². The molecule has 0 amide bonds. The maximum Gasteiger partial charge on any atom is 0.145 e. The van der Waals surface area contributed by atoms with E-state index in [1.807, 2.05) is 6.07 Å². The average Bonchev–Trinajstić information content (AvgIpc) is 2.39. The predicted octanol–water partition coefficient (Wildman–Crippen LogP) is 2.80. The molecule has 2 rings (SSSR count). The van der Waals surface area contributed by atoms with Gasteiger partial charge in [0.05, 0.1) is 29.6 Å². The van der Waals surface area contributed by atoms with E-state index < -0.39 is 6.10 Å². The summed E-state index contributed by atoms with van der Waals surface area (Å²) in [7, 11) is 0. The zero-order valence-corrected chi connectivity index (χ0v) is 9.87. The topological polar surface area (TPSA) is 66.1 Å². The first-order valence-corrected chi connectivity index (χ1v) is 5.51. The van der Waals surface area contributed by atoms with Crippen molar-refractivity contribution in [1.82, 2.24) is 4.98 Å². The van der Waals surface area contributed by atoms with Gasteiger partial charge >= 0.3 is 0 Å². The third-order valence-electron chi connectivity index (χ3n) is 2.39. The molecular formula is C14H12N2O2. The Kier molecular flexibility index (Phi) is 3.56. The first-order valence-electron chi connectivity index (χ1n) is 5.51. The van der Waals surface area contributed by atoms with Crippen molar-refractivity contribution in [3.63, 3.8) is 0 Å². The number of ether oxygens (including phenoxy) is 1. The minimum Gasteiger partial charge on any atom is -0.456 e. The van der Waals surface area contributed by atoms with Gasteiger partial charge in [-0.3, -0.25) is 4.98 Å². The van der Waals surface area contributed by atoms with Crippen molar-refractivity contribution >= 4 is 0 Å². The van der Waals surface area contributed by atoms with E-state index in [1.54, 1.807) is 49.5 Å². The zero-order chi connectivity index (χ0) is 13.0. The lowest BCUT2D eigenvalue weighted by Gasteiger charge is -2.07. The fourth-order valence-corrected chi connectivity index (χ4v) is 1.46. The van der Waals surface area contributed by atoms with E-state index in [2.05, 4.69) is 4.98 Å². The zero-order valence-electron chi connectivity index (χ0n) is 9.87. The van der Waals surface area contributed by atoms with Crippen LogP contribution < -0.4 is 4.74 Å². The predicted molar refractivity (Wildman–Crippen MR) is 66.1 cm³/mol. The molecule has 4 nitrogen and oxygen atoms in total. The largest absolute Gasteiger partial charge is 0.456 e. The number of aliphatic hydroxyl groups is 1. The van der Waals surface area contributed by atoms with Crippen LogP contribution in [0.2, 0.25) is 0 Å². The molecule has 1 unspecified atom stereocenters. The van der Waals surface area contributed by atoms with Crippen molar-refractivity contribution in [3.8, 4) is 17.6 Å². The van der Waals surface area contributed by atoms with Crippen molar-refractivity contribution < 1.29 is 9.84 Å². The summed E-state index contributed by atoms with van der Waals surface area (Å²) in [5.74, 6) is 1.15. The maximum atomic E-state index is 9.33. The molecule has 18 heavy (non-hydrogen) atoms. The van der Waals surface area contributed by atoms with Crippen molar-refractivity contribution in [2.45, 2.75) is 13.0 Å². The average molecular weight is 240 g/mol. The van der Waals surface area contributed by atoms with Crippen molar-refractivity contribution in [2.24, 2.45) is 0 Å². The molecular weight excluding hydrogens is 228 g/mol. The number of nitriles is 1. The van der Waals surface area contributed by atoms with Gasteiger partial charge < -0.3 is 9.84 Å². The van der Waals surface area contributed by atoms with Crippen LogP contribution in [-0.2, 0) is 0 Å². The highest BCUT2D eigenvalue weighted by molar-refractivity contribution is 5.38. The fraction of sp³-hybridized carbons (Fsp3) is 0.143. The molecule has 0 bridgehead atoms. The Hall–Kier alpha value is -2.38. The number of pyridine rings is 1. The van der Waals surface area contributed by atoms with E-state index in [-0.39, 0.29) is 0 Å². The van der Waals surface area contributed by atoms with Gasteiger partial charge in [-0.25, -0.2) is 0 Å². The van der Waals surface area contributed by atoms with Gasteiger partial charge in [0.2, 0.25) is 0 Å². The Balaban J connectivity index is 2.16. The second-order valence-electron chi connectivity index (χ2n) is 3.84. The minimum atomic E-state index is -0.596. The van der Waals surface area contributed by atoms with Gasteiger partial charge in [0.15, 0.2) is 0 Å². The number of aromatic nitrogens is 1. The molecule has 0 fully saturated rings. The molecule has 0 aliphatic heterocycles. The van der Waals surface area contributed by atoms with Gasteiger partial charge in [-0.2, -0.15) is 5.26 Å². The molecule has 1 aromatic heterocycles. The van der Waals surface area contributed by atoms with E-state index >= 15 is 0 Å². The summed E-state index contributed by atoms with van der Waals surface area (Å²) in [5.41, 5.74) is 1.13. The standard InChI is InChI=1S/C14H12N2O2/c1-10(17)14-6-5-13(9-16-14)18-12-4-2-3-11(7-12)8-15/h2-7,9-10,17H,1H3. The van der Waals surface area contributed by atoms with E-state index in [0.29, 0.717) is 22.8 Å². The molecule has 90 valence electrons. The summed E-state index contributed by atoms with van der Waals surface area (Å²) in [5, 5.41) is 18.1. The Labute approximate surface area is 105 Å². The van der Waals surface area contributed by atoms with Crippen molar-refractivity contribution in [1.29, 1.82) is 5.26 Å². The van der Waals surface area contributed by atoms with Crippen LogP contribution in [0.3, 0.4) is 0 Å². The van der Waals surface area contributed by atoms with Crippen LogP contribution in [0.25, 0.3) is 0 Å². The summed E-state index contributed by atoms with van der Waals surface area (Å²) in [6.45, 7) is 1.65. The lowest BCUT2D eigenvalue weighted by Crippen LogP contribution is -1.95. The lowest BCUT2D eigenvalue weighted by atomic mass is 10.2. The van der Waals surface area contributed by atoms with Crippen LogP contribution in [0.5, 0.6) is 11.5 Å². The number of hydrogen-bond acceptors (Lipinski definition) is 4. The quantitative estimate of drug-likeness (QED) is 0.895. The highest BCUT2D eigenvalue weighted by atomic mass is 16.5. The SMILES string of the molecule is CC(O)c1ccc(Oc2cccc(C#N)c2)cn1. The molecule has 1 atom stereocenters. The maximum absolute atomic E-state index is 9.33. The molecule has 2 aromatic rings. The van der Waals surface area contributed by atoms with E-state index in [1.165, 1.54) is 0 Å². The van der Waals surface area contributed by atoms with Gasteiger partial charge in [-0.1, -0.05) is 6.07 Å². The number of rotatable bonds is 3. The molecule has 0 saturated carbocycles. The number of aliphatic hydroxyl groups excluding tert-OH is 1. The number of nitrogens with zero attached hydrogens (tertiary/aromatic N) is 2. The smallest absolute Gasteiger partial charge is 0.145 e. The van der Waals surface area contributed by atoms with E-state index in [0.717, 1.165) is 0 Å². The Morgan fingerprint density at radius 2 is 2.11 bits per heavy atom. The Bertz CT molecular complexity index is 571. The lowest BCUT2D eigenvalue weighted by molar-refractivity contribution is 0.194. The Morgan fingerprint density at radius 3 is 2.72 bits per heavy atom. The summed E-state index contributed by atoms with van der Waals surface area (Å²) in [6, 6.07) is 12.4. The van der Waals surface area contributed by atoms with E-state index in [9.17, 15) is 5.11 Å². The third-order valence-corrected chi connectivity index (χ3v) is 2.39. The first-order chi connectivity index (χ1) is 8.69. The molecule has 0 aliphatic carbocycles. The summed E-state index contributed by atoms with van der Waals surface area (Å²) in [6.07, 6.45) is 0.946. The molecule has 1 aromatic carbocycles. The molecule has 1 heterocycles. The monoisotopic (exact) mass is 240 g/mol. The highest BCUT2D eigenvalue weighted by Crippen LogP contribution is 2.22. The summed E-state index contributed by atoms with van der Waals surface area (Å²) >= 11 is 0. The third kappa shape index (κ3) is 2.84. The van der Waals surface area contributed by atoms with Crippen molar-refractivity contribution in [2.75, 3.05) is 0 Å². The highest BCUT2D eigenvalue weighted by Gasteiger charge is 2.03. The van der Waals surface area contributed by atoms with Gasteiger partial charge in [0.1, 0.15) is 11.5 Å². The first kappa shape index (κ1) is 12.1. The van der Waals surface area contributed by atoms with Gasteiger partial charge in [-0.05, 0) is 37.3 Å². The van der Waals surface area contributed by atoms with Crippen LogP contribution in [0, 0.1) is 11.3 Å². The van der Waals surface area contributed by atoms with Crippen molar-refractivity contribution in [3.05, 3.63) is 53.9 Å². The minimum absolute atomic E-state index is 0.543. The second kappa shape index (κ2) is 5.30. The summed E-state index contributed by atoms with van der Waals surface area (Å²) < 4.78 is 5.56. The fourth-order valence-electron chi connectivity index (χ4n) is 1.46. The molecule has 0 spiro atoms. The second-order valence-corrected chi connectivity index (χ2v) is 3.84. The molecule has 0 aliphatic rings. The molecule has 0 radical (unpaired) electrons.